The molecule has 0 radical (unpaired) electrons. The Morgan fingerprint density at radius 2 is 2.00 bits per heavy atom. The van der Waals surface area contributed by atoms with E-state index in [4.69, 9.17) is 11.6 Å². The van der Waals surface area contributed by atoms with Gasteiger partial charge < -0.3 is 9.88 Å². The summed E-state index contributed by atoms with van der Waals surface area (Å²) in [5, 5.41) is 3.32. The van der Waals surface area contributed by atoms with Gasteiger partial charge in [0.1, 0.15) is 6.54 Å². The Hall–Kier alpha value is -2.07. The highest BCUT2D eigenvalue weighted by Crippen LogP contribution is 2.20. The fraction of sp³-hybridized carbons (Fsp3) is 0.200. The molecule has 0 bridgehead atoms. The lowest BCUT2D eigenvalue weighted by Crippen LogP contribution is -2.28. The third-order valence-corrected chi connectivity index (χ3v) is 3.23. The van der Waals surface area contributed by atoms with Gasteiger partial charge in [-0.15, -0.1) is 0 Å². The van der Waals surface area contributed by atoms with Crippen LogP contribution in [0.5, 0.6) is 0 Å². The molecular formula is C15H15ClN2O2. The van der Waals surface area contributed by atoms with E-state index in [-0.39, 0.29) is 18.0 Å². The molecule has 0 aliphatic rings. The number of pyridine rings is 1. The zero-order valence-electron chi connectivity index (χ0n) is 11.3. The van der Waals surface area contributed by atoms with Crippen molar-refractivity contribution in [1.82, 2.24) is 4.57 Å². The number of nitrogens with zero attached hydrogens (tertiary/aromatic N) is 1. The number of halogens is 1. The number of amides is 1. The number of carbonyl (C=O) groups is 1. The molecule has 1 amide bonds. The van der Waals surface area contributed by atoms with Gasteiger partial charge in [0.15, 0.2) is 0 Å². The van der Waals surface area contributed by atoms with Crippen LogP contribution in [0, 0.1) is 13.8 Å². The van der Waals surface area contributed by atoms with E-state index in [0.717, 1.165) is 5.56 Å². The summed E-state index contributed by atoms with van der Waals surface area (Å²) in [4.78, 5) is 23.8. The number of carbonyl (C=O) groups excluding carboxylic acids is 1. The second-order valence-corrected chi connectivity index (χ2v) is 5.07. The zero-order chi connectivity index (χ0) is 14.7. The van der Waals surface area contributed by atoms with E-state index in [1.807, 2.05) is 13.0 Å². The van der Waals surface area contributed by atoms with Crippen molar-refractivity contribution >= 4 is 23.2 Å². The van der Waals surface area contributed by atoms with Gasteiger partial charge in [0.25, 0.3) is 5.56 Å². The van der Waals surface area contributed by atoms with E-state index in [2.05, 4.69) is 5.32 Å². The largest absolute Gasteiger partial charge is 0.324 e. The fourth-order valence-electron chi connectivity index (χ4n) is 1.85. The van der Waals surface area contributed by atoms with Crippen molar-refractivity contribution in [3.05, 3.63) is 63.0 Å². The molecule has 0 saturated heterocycles. The smallest absolute Gasteiger partial charge is 0.253 e. The van der Waals surface area contributed by atoms with Crippen molar-refractivity contribution in [3.8, 4) is 0 Å². The van der Waals surface area contributed by atoms with E-state index < -0.39 is 0 Å². The van der Waals surface area contributed by atoms with Gasteiger partial charge in [-0.2, -0.15) is 0 Å². The molecule has 2 rings (SSSR count). The van der Waals surface area contributed by atoms with Crippen LogP contribution in [0.15, 0.2) is 41.3 Å². The summed E-state index contributed by atoms with van der Waals surface area (Å²) in [6.45, 7) is 3.58. The SMILES string of the molecule is Cc1ccc(Cl)cc1NC(=O)Cn1cccc(C)c1=O. The van der Waals surface area contributed by atoms with E-state index in [1.54, 1.807) is 37.4 Å². The molecule has 0 saturated carbocycles. The molecule has 20 heavy (non-hydrogen) atoms. The van der Waals surface area contributed by atoms with Gasteiger partial charge in [-0.1, -0.05) is 23.7 Å². The van der Waals surface area contributed by atoms with Gasteiger partial charge in [-0.3, -0.25) is 9.59 Å². The van der Waals surface area contributed by atoms with Crippen molar-refractivity contribution < 1.29 is 4.79 Å². The Bertz CT molecular complexity index is 707. The fourth-order valence-corrected chi connectivity index (χ4v) is 2.03. The highest BCUT2D eigenvalue weighted by molar-refractivity contribution is 6.31. The van der Waals surface area contributed by atoms with Gasteiger partial charge in [0, 0.05) is 22.5 Å². The molecule has 1 heterocycles. The van der Waals surface area contributed by atoms with Crippen molar-refractivity contribution in [2.75, 3.05) is 5.32 Å². The number of benzene rings is 1. The zero-order valence-corrected chi connectivity index (χ0v) is 12.1. The molecule has 2 aromatic rings. The van der Waals surface area contributed by atoms with Gasteiger partial charge in [-0.25, -0.2) is 0 Å². The van der Waals surface area contributed by atoms with E-state index in [1.165, 1.54) is 4.57 Å². The second kappa shape index (κ2) is 5.92. The van der Waals surface area contributed by atoms with Gasteiger partial charge in [0.05, 0.1) is 0 Å². The molecule has 0 spiro atoms. The van der Waals surface area contributed by atoms with Crippen LogP contribution in [0.2, 0.25) is 5.02 Å². The lowest BCUT2D eigenvalue weighted by molar-refractivity contribution is -0.116. The van der Waals surface area contributed by atoms with Crippen LogP contribution >= 0.6 is 11.6 Å². The summed E-state index contributed by atoms with van der Waals surface area (Å²) in [6.07, 6.45) is 1.60. The summed E-state index contributed by atoms with van der Waals surface area (Å²) in [7, 11) is 0. The standard InChI is InChI=1S/C15H15ClN2O2/c1-10-5-6-12(16)8-13(10)17-14(19)9-18-7-3-4-11(2)15(18)20/h3-8H,9H2,1-2H3,(H,17,19). The van der Waals surface area contributed by atoms with Crippen LogP contribution in [0.3, 0.4) is 0 Å². The summed E-state index contributed by atoms with van der Waals surface area (Å²) in [6, 6.07) is 8.74. The molecule has 0 aliphatic heterocycles. The number of aryl methyl sites for hydroxylation is 2. The van der Waals surface area contributed by atoms with Gasteiger partial charge in [-0.05, 0) is 37.6 Å². The monoisotopic (exact) mass is 290 g/mol. The minimum absolute atomic E-state index is 0.0214. The van der Waals surface area contributed by atoms with E-state index in [0.29, 0.717) is 16.3 Å². The van der Waals surface area contributed by atoms with Crippen LogP contribution in [-0.2, 0) is 11.3 Å². The number of anilines is 1. The molecule has 1 N–H and O–H groups in total. The molecule has 0 unspecified atom stereocenters. The highest BCUT2D eigenvalue weighted by atomic mass is 35.5. The minimum atomic E-state index is -0.261. The molecule has 1 aromatic heterocycles. The summed E-state index contributed by atoms with van der Waals surface area (Å²) >= 11 is 5.90. The summed E-state index contributed by atoms with van der Waals surface area (Å²) < 4.78 is 1.38. The Morgan fingerprint density at radius 1 is 1.25 bits per heavy atom. The normalized spacial score (nSPS) is 10.3. The first-order valence-electron chi connectivity index (χ1n) is 6.19. The molecule has 5 heteroatoms. The van der Waals surface area contributed by atoms with Crippen LogP contribution in [-0.4, -0.2) is 10.5 Å². The molecule has 0 aliphatic carbocycles. The number of hydrogen-bond acceptors (Lipinski definition) is 2. The lowest BCUT2D eigenvalue weighted by atomic mass is 10.2. The Balaban J connectivity index is 2.15. The van der Waals surface area contributed by atoms with Crippen molar-refractivity contribution in [2.45, 2.75) is 20.4 Å². The predicted octanol–water partition coefficient (Wildman–Crippen LogP) is 2.76. The van der Waals surface area contributed by atoms with Crippen LogP contribution in [0.25, 0.3) is 0 Å². The van der Waals surface area contributed by atoms with E-state index >= 15 is 0 Å². The second-order valence-electron chi connectivity index (χ2n) is 4.63. The summed E-state index contributed by atoms with van der Waals surface area (Å²) in [5.74, 6) is -0.261. The Morgan fingerprint density at radius 3 is 2.75 bits per heavy atom. The van der Waals surface area contributed by atoms with Crippen molar-refractivity contribution in [1.29, 1.82) is 0 Å². The van der Waals surface area contributed by atoms with E-state index in [9.17, 15) is 9.59 Å². The molecule has 0 fully saturated rings. The maximum absolute atomic E-state index is 12.0. The third-order valence-electron chi connectivity index (χ3n) is 3.00. The quantitative estimate of drug-likeness (QED) is 0.945. The first kappa shape index (κ1) is 14.3. The van der Waals surface area contributed by atoms with Crippen LogP contribution < -0.4 is 10.9 Å². The highest BCUT2D eigenvalue weighted by Gasteiger charge is 2.08. The number of rotatable bonds is 3. The van der Waals surface area contributed by atoms with Crippen LogP contribution in [0.4, 0.5) is 5.69 Å². The third kappa shape index (κ3) is 3.27. The maximum atomic E-state index is 12.0. The number of hydrogen-bond donors (Lipinski definition) is 1. The molecule has 1 aromatic carbocycles. The summed E-state index contributed by atoms with van der Waals surface area (Å²) in [5.41, 5.74) is 2.02. The van der Waals surface area contributed by atoms with Crippen molar-refractivity contribution in [3.63, 3.8) is 0 Å². The Labute approximate surface area is 122 Å². The average Bonchev–Trinajstić information content (AvgIpc) is 2.39. The van der Waals surface area contributed by atoms with Gasteiger partial charge >= 0.3 is 0 Å². The Kier molecular flexibility index (Phi) is 4.25. The molecular weight excluding hydrogens is 276 g/mol. The first-order chi connectivity index (χ1) is 9.47. The number of nitrogens with one attached hydrogen (secondary N) is 1. The minimum Gasteiger partial charge on any atom is -0.324 e. The average molecular weight is 291 g/mol. The lowest BCUT2D eigenvalue weighted by Gasteiger charge is -2.10. The van der Waals surface area contributed by atoms with Crippen molar-refractivity contribution in [2.24, 2.45) is 0 Å². The molecule has 104 valence electrons. The maximum Gasteiger partial charge on any atom is 0.253 e. The number of aromatic nitrogens is 1. The molecule has 4 nitrogen and oxygen atoms in total. The molecule has 0 atom stereocenters. The first-order valence-corrected chi connectivity index (χ1v) is 6.57. The van der Waals surface area contributed by atoms with Crippen LogP contribution in [0.1, 0.15) is 11.1 Å². The van der Waals surface area contributed by atoms with Gasteiger partial charge in [0.2, 0.25) is 5.91 Å². The topological polar surface area (TPSA) is 51.1 Å². The predicted molar refractivity (Wildman–Crippen MR) is 80.3 cm³/mol.